The number of hydrogen-bond donors (Lipinski definition) is 2. The van der Waals surface area contributed by atoms with Crippen LogP contribution in [-0.4, -0.2) is 32.9 Å². The second-order valence-electron chi connectivity index (χ2n) is 9.26. The molecule has 7 nitrogen and oxygen atoms in total. The molecule has 184 valence electrons. The Labute approximate surface area is 200 Å². The van der Waals surface area contributed by atoms with E-state index in [0.29, 0.717) is 5.56 Å². The summed E-state index contributed by atoms with van der Waals surface area (Å²) in [5.41, 5.74) is -0.510. The Bertz CT molecular complexity index is 1140. The van der Waals surface area contributed by atoms with E-state index in [1.54, 1.807) is 12.3 Å². The molecule has 5 rings (SSSR count). The van der Waals surface area contributed by atoms with Gasteiger partial charge in [-0.1, -0.05) is 0 Å². The lowest BCUT2D eigenvalue weighted by molar-refractivity contribution is -0.0560. The van der Waals surface area contributed by atoms with Crippen LogP contribution in [0.1, 0.15) is 60.9 Å². The van der Waals surface area contributed by atoms with E-state index < -0.39 is 29.1 Å². The van der Waals surface area contributed by atoms with Crippen molar-refractivity contribution < 1.29 is 22.7 Å². The van der Waals surface area contributed by atoms with Crippen molar-refractivity contribution in [2.24, 2.45) is 5.92 Å². The van der Waals surface area contributed by atoms with Crippen molar-refractivity contribution in [2.75, 3.05) is 5.32 Å². The van der Waals surface area contributed by atoms with Crippen LogP contribution in [0.5, 0.6) is 6.01 Å². The SMILES string of the molecule is O=C(Nc1cnccc1C1(C2CCC(F)(F)CC2)NC=CC=C1F)c1cnc(OC2CCC2)nc1. The first kappa shape index (κ1) is 23.3. The monoisotopic (exact) mass is 485 g/mol. The van der Waals surface area contributed by atoms with E-state index in [4.69, 9.17) is 4.74 Å². The van der Waals surface area contributed by atoms with Crippen LogP contribution in [0.15, 0.2) is 55.0 Å². The zero-order valence-electron chi connectivity index (χ0n) is 19.0. The zero-order chi connectivity index (χ0) is 24.5. The lowest BCUT2D eigenvalue weighted by Crippen LogP contribution is -2.50. The third-order valence-electron chi connectivity index (χ3n) is 7.06. The normalized spacial score (nSPS) is 24.1. The lowest BCUT2D eigenvalue weighted by Gasteiger charge is -2.45. The molecule has 2 N–H and O–H groups in total. The molecule has 2 aromatic heterocycles. The Hall–Kier alpha value is -3.43. The minimum absolute atomic E-state index is 0.114. The second-order valence-corrected chi connectivity index (χ2v) is 9.26. The molecule has 0 spiro atoms. The van der Waals surface area contributed by atoms with Gasteiger partial charge in [0.15, 0.2) is 0 Å². The van der Waals surface area contributed by atoms with Crippen molar-refractivity contribution in [3.8, 4) is 6.01 Å². The molecule has 10 heteroatoms. The number of hydrogen-bond acceptors (Lipinski definition) is 6. The third-order valence-corrected chi connectivity index (χ3v) is 7.06. The van der Waals surface area contributed by atoms with Crippen LogP contribution in [0.2, 0.25) is 0 Å². The van der Waals surface area contributed by atoms with Gasteiger partial charge in [0.2, 0.25) is 5.92 Å². The minimum atomic E-state index is -2.76. The molecule has 0 aromatic carbocycles. The number of carbonyl (C=O) groups is 1. The van der Waals surface area contributed by atoms with Crippen LogP contribution in [0.4, 0.5) is 18.9 Å². The highest BCUT2D eigenvalue weighted by atomic mass is 19.3. The average Bonchev–Trinajstić information content (AvgIpc) is 2.83. The number of nitrogens with zero attached hydrogens (tertiary/aromatic N) is 3. The second kappa shape index (κ2) is 9.31. The summed E-state index contributed by atoms with van der Waals surface area (Å²) < 4.78 is 49.0. The van der Waals surface area contributed by atoms with Crippen molar-refractivity contribution in [3.63, 3.8) is 0 Å². The van der Waals surface area contributed by atoms with E-state index in [0.717, 1.165) is 19.3 Å². The van der Waals surface area contributed by atoms with Gasteiger partial charge in [-0.2, -0.15) is 0 Å². The standard InChI is InChI=1S/C25H26F3N5O2/c26-21-5-2-11-32-25(21,17-6-9-24(27,28)10-7-17)19-8-12-29-15-20(19)33-22(34)16-13-30-23(31-14-16)35-18-3-1-4-18/h2,5,8,11-15,17-18,32H,1,3-4,6-7,9-10H2,(H,33,34). The van der Waals surface area contributed by atoms with Gasteiger partial charge in [-0.3, -0.25) is 9.78 Å². The summed E-state index contributed by atoms with van der Waals surface area (Å²) in [5.74, 6) is -4.22. The Balaban J connectivity index is 1.41. The summed E-state index contributed by atoms with van der Waals surface area (Å²) in [4.78, 5) is 25.3. The molecule has 1 unspecified atom stereocenters. The van der Waals surface area contributed by atoms with Crippen LogP contribution in [0, 0.1) is 5.92 Å². The minimum Gasteiger partial charge on any atom is -0.460 e. The van der Waals surface area contributed by atoms with E-state index in [1.807, 2.05) is 0 Å². The summed E-state index contributed by atoms with van der Waals surface area (Å²) in [6.07, 6.45) is 12.9. The number of ether oxygens (including phenoxy) is 1. The van der Waals surface area contributed by atoms with Gasteiger partial charge in [-0.25, -0.2) is 23.1 Å². The number of allylic oxidation sites excluding steroid dienone is 2. The number of amides is 1. The molecule has 2 saturated carbocycles. The van der Waals surface area contributed by atoms with Crippen LogP contribution in [0.25, 0.3) is 0 Å². The maximum atomic E-state index is 15.6. The molecule has 2 aliphatic carbocycles. The van der Waals surface area contributed by atoms with Crippen LogP contribution >= 0.6 is 0 Å². The molecule has 1 amide bonds. The number of carbonyl (C=O) groups excluding carboxylic acids is 1. The van der Waals surface area contributed by atoms with Gasteiger partial charge in [0.05, 0.1) is 17.4 Å². The lowest BCUT2D eigenvalue weighted by atomic mass is 9.68. The van der Waals surface area contributed by atoms with Gasteiger partial charge in [0.25, 0.3) is 5.91 Å². The van der Waals surface area contributed by atoms with Crippen molar-refractivity contribution in [3.05, 3.63) is 66.2 Å². The number of rotatable bonds is 6. The molecule has 0 bridgehead atoms. The fraction of sp³-hybridized carbons (Fsp3) is 0.440. The highest BCUT2D eigenvalue weighted by Crippen LogP contribution is 2.50. The van der Waals surface area contributed by atoms with Gasteiger partial charge in [0, 0.05) is 37.0 Å². The largest absolute Gasteiger partial charge is 0.460 e. The first-order valence-electron chi connectivity index (χ1n) is 11.8. The van der Waals surface area contributed by atoms with Crippen molar-refractivity contribution >= 4 is 11.6 Å². The van der Waals surface area contributed by atoms with E-state index in [1.165, 1.54) is 36.9 Å². The predicted molar refractivity (Wildman–Crippen MR) is 123 cm³/mol. The quantitative estimate of drug-likeness (QED) is 0.596. The fourth-order valence-corrected chi connectivity index (χ4v) is 4.89. The molecule has 35 heavy (non-hydrogen) atoms. The summed E-state index contributed by atoms with van der Waals surface area (Å²) in [5, 5.41) is 5.88. The third kappa shape index (κ3) is 4.61. The maximum Gasteiger partial charge on any atom is 0.316 e. The number of dihydropyridines is 1. The Morgan fingerprint density at radius 1 is 1.11 bits per heavy atom. The zero-order valence-corrected chi connectivity index (χ0v) is 19.0. The maximum absolute atomic E-state index is 15.6. The Kier molecular flexibility index (Phi) is 6.21. The molecular weight excluding hydrogens is 459 g/mol. The smallest absolute Gasteiger partial charge is 0.316 e. The molecule has 2 aromatic rings. The molecule has 3 heterocycles. The van der Waals surface area contributed by atoms with E-state index >= 15 is 4.39 Å². The molecule has 0 radical (unpaired) electrons. The van der Waals surface area contributed by atoms with Crippen molar-refractivity contribution in [1.29, 1.82) is 0 Å². The average molecular weight is 486 g/mol. The number of aromatic nitrogens is 3. The Morgan fingerprint density at radius 2 is 1.86 bits per heavy atom. The van der Waals surface area contributed by atoms with Crippen LogP contribution in [-0.2, 0) is 5.54 Å². The fourth-order valence-electron chi connectivity index (χ4n) is 4.89. The molecule has 2 fully saturated rings. The number of nitrogens with one attached hydrogen (secondary N) is 2. The summed E-state index contributed by atoms with van der Waals surface area (Å²) in [6, 6.07) is 1.82. The summed E-state index contributed by atoms with van der Waals surface area (Å²) >= 11 is 0. The molecular formula is C25H26F3N5O2. The van der Waals surface area contributed by atoms with Gasteiger partial charge in [-0.15, -0.1) is 0 Å². The topological polar surface area (TPSA) is 89.0 Å². The number of anilines is 1. The van der Waals surface area contributed by atoms with Crippen LogP contribution in [0.3, 0.4) is 0 Å². The van der Waals surface area contributed by atoms with E-state index in [2.05, 4.69) is 25.6 Å². The molecule has 3 aliphatic rings. The highest BCUT2D eigenvalue weighted by Gasteiger charge is 2.50. The molecule has 1 atom stereocenters. The summed E-state index contributed by atoms with van der Waals surface area (Å²) in [7, 11) is 0. The number of alkyl halides is 2. The molecule has 0 saturated heterocycles. The first-order valence-corrected chi connectivity index (χ1v) is 11.8. The summed E-state index contributed by atoms with van der Waals surface area (Å²) in [6.45, 7) is 0. The van der Waals surface area contributed by atoms with Gasteiger partial charge in [-0.05, 0) is 62.4 Å². The van der Waals surface area contributed by atoms with Gasteiger partial charge < -0.3 is 15.4 Å². The van der Waals surface area contributed by atoms with Crippen molar-refractivity contribution in [2.45, 2.75) is 62.5 Å². The number of halogens is 3. The molecule has 1 aliphatic heterocycles. The Morgan fingerprint density at radius 3 is 2.51 bits per heavy atom. The van der Waals surface area contributed by atoms with Crippen molar-refractivity contribution in [1.82, 2.24) is 20.3 Å². The van der Waals surface area contributed by atoms with Gasteiger partial charge in [0.1, 0.15) is 17.5 Å². The predicted octanol–water partition coefficient (Wildman–Crippen LogP) is 5.05. The number of pyridine rings is 1. The van der Waals surface area contributed by atoms with Gasteiger partial charge >= 0.3 is 6.01 Å². The first-order chi connectivity index (χ1) is 16.9. The van der Waals surface area contributed by atoms with Crippen LogP contribution < -0.4 is 15.4 Å². The van der Waals surface area contributed by atoms with E-state index in [-0.39, 0.29) is 49.0 Å². The van der Waals surface area contributed by atoms with E-state index in [9.17, 15) is 13.6 Å². The highest BCUT2D eigenvalue weighted by molar-refractivity contribution is 6.04.